The van der Waals surface area contributed by atoms with Crippen molar-refractivity contribution in [3.05, 3.63) is 69.4 Å². The zero-order chi connectivity index (χ0) is 20.3. The van der Waals surface area contributed by atoms with Gasteiger partial charge in [0.2, 0.25) is 0 Å². The molecule has 2 aromatic carbocycles. The molecule has 0 aliphatic heterocycles. The number of benzene rings is 2. The molecule has 6 nitrogen and oxygen atoms in total. The highest BCUT2D eigenvalue weighted by molar-refractivity contribution is 6.39. The van der Waals surface area contributed by atoms with Gasteiger partial charge in [0.25, 0.3) is 5.91 Å². The Balaban J connectivity index is 2.00. The van der Waals surface area contributed by atoms with Crippen molar-refractivity contribution in [1.29, 1.82) is 0 Å². The van der Waals surface area contributed by atoms with Crippen LogP contribution in [0.25, 0.3) is 11.3 Å². The summed E-state index contributed by atoms with van der Waals surface area (Å²) in [7, 11) is 0. The molecular weight excluding hydrogens is 403 g/mol. The summed E-state index contributed by atoms with van der Waals surface area (Å²) in [6, 6.07) is 11.5. The lowest BCUT2D eigenvalue weighted by Gasteiger charge is -2.11. The molecule has 3 rings (SSSR count). The Morgan fingerprint density at radius 1 is 1.11 bits per heavy atom. The molecule has 0 aliphatic carbocycles. The zero-order valence-electron chi connectivity index (χ0n) is 15.1. The smallest absolute Gasteiger partial charge is 0.340 e. The first-order valence-electron chi connectivity index (χ1n) is 8.42. The summed E-state index contributed by atoms with van der Waals surface area (Å²) in [5.74, 6) is -0.756. The zero-order valence-corrected chi connectivity index (χ0v) is 16.6. The quantitative estimate of drug-likeness (QED) is 0.561. The molecule has 1 heterocycles. The molecule has 1 N–H and O–H groups in total. The van der Waals surface area contributed by atoms with Gasteiger partial charge in [0.15, 0.2) is 0 Å². The van der Waals surface area contributed by atoms with Gasteiger partial charge < -0.3 is 14.6 Å². The summed E-state index contributed by atoms with van der Waals surface area (Å²) in [4.78, 5) is 25.1. The average molecular weight is 419 g/mol. The summed E-state index contributed by atoms with van der Waals surface area (Å²) < 4.78 is 10.2. The molecule has 0 aliphatic rings. The van der Waals surface area contributed by atoms with Crippen molar-refractivity contribution >= 4 is 40.8 Å². The van der Waals surface area contributed by atoms with Crippen LogP contribution in [-0.4, -0.2) is 23.6 Å². The first kappa shape index (κ1) is 19.9. The van der Waals surface area contributed by atoms with Crippen LogP contribution < -0.4 is 5.32 Å². The van der Waals surface area contributed by atoms with Crippen LogP contribution in [0.4, 0.5) is 5.69 Å². The first-order valence-corrected chi connectivity index (χ1v) is 9.17. The number of esters is 1. The number of carbonyl (C=O) groups is 2. The summed E-state index contributed by atoms with van der Waals surface area (Å²) in [5.41, 5.74) is 1.34. The minimum absolute atomic E-state index is 0.175. The number of nitrogens with one attached hydrogen (secondary N) is 1. The molecule has 0 unspecified atom stereocenters. The van der Waals surface area contributed by atoms with Gasteiger partial charge >= 0.3 is 5.97 Å². The van der Waals surface area contributed by atoms with E-state index in [1.165, 1.54) is 0 Å². The van der Waals surface area contributed by atoms with Crippen LogP contribution in [0.3, 0.4) is 0 Å². The molecule has 1 amide bonds. The lowest BCUT2D eigenvalue weighted by Crippen LogP contribution is -2.17. The molecule has 0 spiro atoms. The number of carbonyl (C=O) groups excluding carboxylic acids is 2. The van der Waals surface area contributed by atoms with Crippen molar-refractivity contribution in [3.8, 4) is 11.3 Å². The number of ether oxygens (including phenoxy) is 1. The van der Waals surface area contributed by atoms with Crippen molar-refractivity contribution in [2.45, 2.75) is 13.8 Å². The number of nitrogens with zero attached hydrogens (tertiary/aromatic N) is 1. The molecule has 0 radical (unpaired) electrons. The molecule has 0 fully saturated rings. The minimum Gasteiger partial charge on any atom is -0.462 e. The number of hydrogen-bond donors (Lipinski definition) is 1. The second-order valence-electron chi connectivity index (χ2n) is 5.78. The maximum Gasteiger partial charge on any atom is 0.340 e. The van der Waals surface area contributed by atoms with Gasteiger partial charge in [0.1, 0.15) is 17.0 Å². The SMILES string of the molecule is CCOC(=O)c1ccccc1NC(=O)c1c(-c2c(Cl)cccc2Cl)noc1C. The molecule has 0 atom stereocenters. The fourth-order valence-electron chi connectivity index (χ4n) is 2.70. The minimum atomic E-state index is -0.533. The first-order chi connectivity index (χ1) is 13.4. The standard InChI is InChI=1S/C20H16Cl2N2O4/c1-3-27-20(26)12-7-4-5-10-15(12)23-19(25)16-11(2)28-24-18(16)17-13(21)8-6-9-14(17)22/h4-10H,3H2,1-2H3,(H,23,25). The van der Waals surface area contributed by atoms with E-state index in [0.717, 1.165) is 0 Å². The fraction of sp³-hybridized carbons (Fsp3) is 0.150. The lowest BCUT2D eigenvalue weighted by atomic mass is 10.0. The monoisotopic (exact) mass is 418 g/mol. The fourth-order valence-corrected chi connectivity index (χ4v) is 3.27. The van der Waals surface area contributed by atoms with Gasteiger partial charge in [-0.15, -0.1) is 0 Å². The van der Waals surface area contributed by atoms with E-state index in [-0.39, 0.29) is 29.2 Å². The van der Waals surface area contributed by atoms with E-state index in [2.05, 4.69) is 10.5 Å². The molecule has 0 saturated heterocycles. The number of anilines is 1. The van der Waals surface area contributed by atoms with E-state index in [9.17, 15) is 9.59 Å². The number of para-hydroxylation sites is 1. The third-order valence-electron chi connectivity index (χ3n) is 3.96. The second kappa shape index (κ2) is 8.46. The predicted molar refractivity (Wildman–Crippen MR) is 107 cm³/mol. The molecular formula is C20H16Cl2N2O4. The van der Waals surface area contributed by atoms with Crippen LogP contribution in [0, 0.1) is 6.92 Å². The summed E-state index contributed by atoms with van der Waals surface area (Å²) >= 11 is 12.5. The van der Waals surface area contributed by atoms with Crippen LogP contribution in [-0.2, 0) is 4.74 Å². The normalized spacial score (nSPS) is 10.6. The number of rotatable bonds is 5. The van der Waals surface area contributed by atoms with Crippen molar-refractivity contribution in [1.82, 2.24) is 5.16 Å². The largest absolute Gasteiger partial charge is 0.462 e. The van der Waals surface area contributed by atoms with Crippen LogP contribution in [0.1, 0.15) is 33.4 Å². The maximum atomic E-state index is 13.0. The van der Waals surface area contributed by atoms with Crippen LogP contribution >= 0.6 is 23.2 Å². The van der Waals surface area contributed by atoms with E-state index in [1.807, 2.05) is 0 Å². The van der Waals surface area contributed by atoms with Gasteiger partial charge in [-0.3, -0.25) is 4.79 Å². The third-order valence-corrected chi connectivity index (χ3v) is 4.59. The lowest BCUT2D eigenvalue weighted by molar-refractivity contribution is 0.0527. The van der Waals surface area contributed by atoms with Gasteiger partial charge in [-0.25, -0.2) is 4.79 Å². The van der Waals surface area contributed by atoms with Crippen molar-refractivity contribution in [2.75, 3.05) is 11.9 Å². The summed E-state index contributed by atoms with van der Waals surface area (Å²) in [5, 5.41) is 7.35. The van der Waals surface area contributed by atoms with Crippen molar-refractivity contribution in [2.24, 2.45) is 0 Å². The number of halogens is 2. The highest BCUT2D eigenvalue weighted by atomic mass is 35.5. The number of aryl methyl sites for hydroxylation is 1. The van der Waals surface area contributed by atoms with Gasteiger partial charge in [0.05, 0.1) is 27.9 Å². The second-order valence-corrected chi connectivity index (χ2v) is 6.59. The van der Waals surface area contributed by atoms with E-state index < -0.39 is 11.9 Å². The van der Waals surface area contributed by atoms with Gasteiger partial charge in [-0.2, -0.15) is 0 Å². The number of aromatic nitrogens is 1. The van der Waals surface area contributed by atoms with Crippen LogP contribution in [0.2, 0.25) is 10.0 Å². The average Bonchev–Trinajstić information content (AvgIpc) is 3.03. The summed E-state index contributed by atoms with van der Waals surface area (Å²) in [6.45, 7) is 3.54. The van der Waals surface area contributed by atoms with E-state index in [0.29, 0.717) is 21.3 Å². The molecule has 0 saturated carbocycles. The Morgan fingerprint density at radius 2 is 1.79 bits per heavy atom. The van der Waals surface area contributed by atoms with Gasteiger partial charge in [-0.05, 0) is 38.1 Å². The molecule has 3 aromatic rings. The Kier molecular flexibility index (Phi) is 6.02. The molecule has 144 valence electrons. The Morgan fingerprint density at radius 3 is 2.46 bits per heavy atom. The van der Waals surface area contributed by atoms with Gasteiger partial charge in [-0.1, -0.05) is 46.6 Å². The van der Waals surface area contributed by atoms with E-state index in [1.54, 1.807) is 56.3 Å². The van der Waals surface area contributed by atoms with E-state index >= 15 is 0 Å². The Bertz CT molecular complexity index is 1030. The van der Waals surface area contributed by atoms with E-state index in [4.69, 9.17) is 32.5 Å². The highest BCUT2D eigenvalue weighted by Crippen LogP contribution is 2.37. The predicted octanol–water partition coefficient (Wildman–Crippen LogP) is 5.39. The maximum absolute atomic E-state index is 13.0. The van der Waals surface area contributed by atoms with Gasteiger partial charge in [0, 0.05) is 5.56 Å². The molecule has 28 heavy (non-hydrogen) atoms. The van der Waals surface area contributed by atoms with Crippen molar-refractivity contribution < 1.29 is 18.8 Å². The topological polar surface area (TPSA) is 81.4 Å². The molecule has 1 aromatic heterocycles. The Labute approximate surface area is 171 Å². The molecule has 0 bridgehead atoms. The third kappa shape index (κ3) is 3.88. The van der Waals surface area contributed by atoms with Crippen LogP contribution in [0.15, 0.2) is 47.0 Å². The summed E-state index contributed by atoms with van der Waals surface area (Å²) in [6.07, 6.45) is 0. The number of amides is 1. The van der Waals surface area contributed by atoms with Crippen LogP contribution in [0.5, 0.6) is 0 Å². The Hall–Kier alpha value is -2.83. The molecule has 8 heteroatoms. The number of hydrogen-bond acceptors (Lipinski definition) is 5. The van der Waals surface area contributed by atoms with Crippen molar-refractivity contribution in [3.63, 3.8) is 0 Å². The highest BCUT2D eigenvalue weighted by Gasteiger charge is 2.26.